The van der Waals surface area contributed by atoms with Crippen LogP contribution >= 0.6 is 11.3 Å². The maximum Gasteiger partial charge on any atom is 0.277 e. The number of ether oxygens (including phenoxy) is 1. The van der Waals surface area contributed by atoms with Crippen molar-refractivity contribution < 1.29 is 9.53 Å². The van der Waals surface area contributed by atoms with E-state index < -0.39 is 0 Å². The molecular weight excluding hydrogens is 414 g/mol. The first-order valence-corrected chi connectivity index (χ1v) is 11.0. The number of anilines is 3. The average molecular weight is 442 g/mol. The molecule has 9 nitrogen and oxygen atoms in total. The van der Waals surface area contributed by atoms with E-state index in [4.69, 9.17) is 16.2 Å². The molecular formula is C21H27N7O2S. The highest BCUT2D eigenvalue weighted by atomic mass is 32.1. The monoisotopic (exact) mass is 441 g/mol. The minimum Gasteiger partial charge on any atom is -0.497 e. The van der Waals surface area contributed by atoms with Crippen molar-refractivity contribution in [3.63, 3.8) is 0 Å². The summed E-state index contributed by atoms with van der Waals surface area (Å²) < 4.78 is 7.05. The van der Waals surface area contributed by atoms with Gasteiger partial charge in [-0.05, 0) is 37.4 Å². The van der Waals surface area contributed by atoms with Crippen LogP contribution in [0.25, 0.3) is 10.6 Å². The van der Waals surface area contributed by atoms with E-state index >= 15 is 0 Å². The Balaban J connectivity index is 1.54. The van der Waals surface area contributed by atoms with Crippen LogP contribution in [0.1, 0.15) is 23.3 Å². The molecule has 10 heteroatoms. The zero-order chi connectivity index (χ0) is 22.0. The van der Waals surface area contributed by atoms with Crippen LogP contribution in [0.15, 0.2) is 30.5 Å². The predicted octanol–water partition coefficient (Wildman–Crippen LogP) is 2.56. The average Bonchev–Trinajstić information content (AvgIpc) is 3.36. The van der Waals surface area contributed by atoms with Crippen molar-refractivity contribution in [2.75, 3.05) is 42.7 Å². The second-order valence-electron chi connectivity index (χ2n) is 7.59. The number of carbonyl (C=O) groups is 1. The summed E-state index contributed by atoms with van der Waals surface area (Å²) in [7, 11) is 3.48. The molecule has 3 heterocycles. The summed E-state index contributed by atoms with van der Waals surface area (Å²) in [5.41, 5.74) is 13.7. The van der Waals surface area contributed by atoms with Gasteiger partial charge in [0.25, 0.3) is 5.91 Å². The van der Waals surface area contributed by atoms with Crippen LogP contribution in [0.4, 0.5) is 16.5 Å². The topological polar surface area (TPSA) is 124 Å². The quantitative estimate of drug-likeness (QED) is 0.537. The zero-order valence-electron chi connectivity index (χ0n) is 17.7. The number of nitrogen functional groups attached to an aromatic ring is 1. The van der Waals surface area contributed by atoms with E-state index in [0.717, 1.165) is 43.1 Å². The summed E-state index contributed by atoms with van der Waals surface area (Å²) in [6, 6.07) is 7.51. The number of nitrogens with zero attached hydrogens (tertiary/aromatic N) is 4. The summed E-state index contributed by atoms with van der Waals surface area (Å²) in [4.78, 5) is 19.7. The lowest BCUT2D eigenvalue weighted by Crippen LogP contribution is -2.37. The van der Waals surface area contributed by atoms with Gasteiger partial charge < -0.3 is 26.4 Å². The number of benzene rings is 1. The van der Waals surface area contributed by atoms with E-state index in [2.05, 4.69) is 20.3 Å². The number of methoxy groups -OCH3 is 1. The van der Waals surface area contributed by atoms with Gasteiger partial charge in [0, 0.05) is 25.7 Å². The Morgan fingerprint density at radius 3 is 2.84 bits per heavy atom. The normalized spacial score (nSPS) is 14.6. The number of hydrogen-bond donors (Lipinski definition) is 3. The second-order valence-corrected chi connectivity index (χ2v) is 8.62. The Hall–Kier alpha value is -3.11. The van der Waals surface area contributed by atoms with E-state index in [1.165, 1.54) is 11.3 Å². The highest BCUT2D eigenvalue weighted by molar-refractivity contribution is 7.19. The van der Waals surface area contributed by atoms with Crippen molar-refractivity contribution in [1.29, 1.82) is 0 Å². The Labute approximate surface area is 185 Å². The fraction of sp³-hybridized carbons (Fsp3) is 0.381. The molecule has 0 saturated carbocycles. The van der Waals surface area contributed by atoms with Crippen molar-refractivity contribution in [3.8, 4) is 16.3 Å². The molecule has 1 aromatic carbocycles. The van der Waals surface area contributed by atoms with Gasteiger partial charge in [-0.1, -0.05) is 23.5 Å². The number of hydrogen-bond acceptors (Lipinski definition) is 8. The molecule has 1 aliphatic heterocycles. The van der Waals surface area contributed by atoms with E-state index in [0.29, 0.717) is 28.2 Å². The van der Waals surface area contributed by atoms with Crippen LogP contribution in [-0.2, 0) is 7.05 Å². The molecule has 0 radical (unpaired) electrons. The lowest BCUT2D eigenvalue weighted by molar-refractivity contribution is 0.102. The van der Waals surface area contributed by atoms with Gasteiger partial charge in [-0.3, -0.25) is 9.48 Å². The SMILES string of the molecule is COc1cccc(-c2nc(C(=O)Nc3cnn(C)c3N3CCC(CN)CC3)c(N)s2)c1. The second kappa shape index (κ2) is 8.94. The number of rotatable bonds is 6. The summed E-state index contributed by atoms with van der Waals surface area (Å²) in [5, 5.41) is 8.32. The van der Waals surface area contributed by atoms with Crippen LogP contribution in [0, 0.1) is 5.92 Å². The first kappa shape index (κ1) is 21.1. The maximum absolute atomic E-state index is 13.0. The van der Waals surface area contributed by atoms with Crippen molar-refractivity contribution in [1.82, 2.24) is 14.8 Å². The molecule has 31 heavy (non-hydrogen) atoms. The fourth-order valence-corrected chi connectivity index (χ4v) is 4.66. The molecule has 3 aromatic rings. The van der Waals surface area contributed by atoms with Crippen LogP contribution in [0.3, 0.4) is 0 Å². The van der Waals surface area contributed by atoms with Crippen LogP contribution < -0.4 is 26.4 Å². The van der Waals surface area contributed by atoms with Crippen LogP contribution in [-0.4, -0.2) is 47.4 Å². The Kier molecular flexibility index (Phi) is 6.10. The molecule has 0 aliphatic carbocycles. The molecule has 1 fully saturated rings. The Morgan fingerprint density at radius 1 is 1.35 bits per heavy atom. The number of nitrogens with two attached hydrogens (primary N) is 2. The third-order valence-electron chi connectivity index (χ3n) is 5.59. The van der Waals surface area contributed by atoms with E-state index in [1.54, 1.807) is 18.0 Å². The molecule has 0 unspecified atom stereocenters. The highest BCUT2D eigenvalue weighted by Crippen LogP contribution is 2.33. The smallest absolute Gasteiger partial charge is 0.277 e. The molecule has 5 N–H and O–H groups in total. The first-order valence-electron chi connectivity index (χ1n) is 10.2. The molecule has 1 aliphatic rings. The third kappa shape index (κ3) is 4.35. The predicted molar refractivity (Wildman–Crippen MR) is 124 cm³/mol. The molecule has 2 aromatic heterocycles. The van der Waals surface area contributed by atoms with E-state index in [1.807, 2.05) is 31.3 Å². The molecule has 1 saturated heterocycles. The largest absolute Gasteiger partial charge is 0.497 e. The summed E-state index contributed by atoms with van der Waals surface area (Å²) in [6.07, 6.45) is 3.71. The highest BCUT2D eigenvalue weighted by Gasteiger charge is 2.25. The standard InChI is InChI=1S/C21H27N7O2S/c1-27-21(28-8-6-13(11-22)7-9-28)16(12-24-27)25-19(29)17-18(23)31-20(26-17)14-4-3-5-15(10-14)30-2/h3-5,10,12-13H,6-9,11,22-23H2,1-2H3,(H,25,29). The third-order valence-corrected chi connectivity index (χ3v) is 6.52. The first-order chi connectivity index (χ1) is 15.0. The molecule has 164 valence electrons. The summed E-state index contributed by atoms with van der Waals surface area (Å²) in [6.45, 7) is 2.47. The van der Waals surface area contributed by atoms with Gasteiger partial charge in [0.15, 0.2) is 11.5 Å². The van der Waals surface area contributed by atoms with Crippen molar-refractivity contribution in [2.24, 2.45) is 18.7 Å². The van der Waals surface area contributed by atoms with Gasteiger partial charge in [0.05, 0.1) is 13.3 Å². The van der Waals surface area contributed by atoms with Crippen molar-refractivity contribution in [2.45, 2.75) is 12.8 Å². The number of piperidine rings is 1. The lowest BCUT2D eigenvalue weighted by Gasteiger charge is -2.33. The lowest BCUT2D eigenvalue weighted by atomic mass is 9.97. The van der Waals surface area contributed by atoms with Gasteiger partial charge in [0.2, 0.25) is 0 Å². The molecule has 4 rings (SSSR count). The van der Waals surface area contributed by atoms with Gasteiger partial charge in [-0.25, -0.2) is 4.98 Å². The number of aromatic nitrogens is 3. The zero-order valence-corrected chi connectivity index (χ0v) is 18.5. The van der Waals surface area contributed by atoms with Crippen molar-refractivity contribution >= 4 is 33.8 Å². The number of amides is 1. The molecule has 0 atom stereocenters. The number of aryl methyl sites for hydroxylation is 1. The molecule has 0 bridgehead atoms. The number of nitrogens with one attached hydrogen (secondary N) is 1. The van der Waals surface area contributed by atoms with E-state index in [-0.39, 0.29) is 11.6 Å². The summed E-state index contributed by atoms with van der Waals surface area (Å²) >= 11 is 1.27. The molecule has 1 amide bonds. The Morgan fingerprint density at radius 2 is 2.13 bits per heavy atom. The minimum absolute atomic E-state index is 0.208. The Bertz CT molecular complexity index is 1070. The van der Waals surface area contributed by atoms with Gasteiger partial charge >= 0.3 is 0 Å². The van der Waals surface area contributed by atoms with Gasteiger partial charge in [0.1, 0.15) is 21.4 Å². The maximum atomic E-state index is 13.0. The van der Waals surface area contributed by atoms with Gasteiger partial charge in [-0.15, -0.1) is 0 Å². The van der Waals surface area contributed by atoms with Crippen LogP contribution in [0.2, 0.25) is 0 Å². The van der Waals surface area contributed by atoms with E-state index in [9.17, 15) is 4.79 Å². The minimum atomic E-state index is -0.353. The summed E-state index contributed by atoms with van der Waals surface area (Å²) in [5.74, 6) is 1.79. The molecule has 0 spiro atoms. The number of thiazole rings is 1. The van der Waals surface area contributed by atoms with Crippen LogP contribution in [0.5, 0.6) is 5.75 Å². The van der Waals surface area contributed by atoms with Crippen molar-refractivity contribution in [3.05, 3.63) is 36.2 Å². The number of carbonyl (C=O) groups excluding carboxylic acids is 1. The van der Waals surface area contributed by atoms with Gasteiger partial charge in [-0.2, -0.15) is 5.10 Å². The fourth-order valence-electron chi connectivity index (χ4n) is 3.83.